The van der Waals surface area contributed by atoms with Gasteiger partial charge in [-0.05, 0) is 125 Å². The maximum Gasteiger partial charge on any atom is 1.00 e. The zero-order valence-corrected chi connectivity index (χ0v) is 72.2. The number of ether oxygens (including phenoxy) is 9. The number of aliphatic hydroxyl groups is 1. The molecule has 0 saturated carbocycles. The number of non-ortho nitro benzene ring substituents is 2. The normalized spacial score (nSPS) is 10.3. The molecule has 0 unspecified atom stereocenters. The summed E-state index contributed by atoms with van der Waals surface area (Å²) in [6.07, 6.45) is 9.45. The van der Waals surface area contributed by atoms with Crippen LogP contribution in [0.1, 0.15) is 1.43 Å². The molecule has 14 aromatic rings. The number of pyridine rings is 11. The summed E-state index contributed by atoms with van der Waals surface area (Å²) in [6, 6.07) is 38.6. The van der Waals surface area contributed by atoms with Gasteiger partial charge in [0.2, 0.25) is 23.1 Å². The molecule has 45 heteroatoms. The summed E-state index contributed by atoms with van der Waals surface area (Å²) in [5.74, 6) is -1.16. The summed E-state index contributed by atoms with van der Waals surface area (Å²) < 4.78 is 96.6. The molecule has 7 N–H and O–H groups in total. The number of H-pyrrole nitrogens is 1. The van der Waals surface area contributed by atoms with Crippen molar-refractivity contribution < 1.29 is 111 Å². The van der Waals surface area contributed by atoms with E-state index in [0.29, 0.717) is 157 Å². The average molecular weight is 1850 g/mol. The van der Waals surface area contributed by atoms with Crippen molar-refractivity contribution in [3.8, 4) is 46.4 Å². The van der Waals surface area contributed by atoms with Crippen molar-refractivity contribution in [1.82, 2.24) is 54.8 Å². The number of aromatic hydroxyl groups is 1. The molecule has 0 saturated heterocycles. The Labute approximate surface area is 742 Å². The molecule has 0 amide bonds. The third-order valence-electron chi connectivity index (χ3n) is 13.9. The van der Waals surface area contributed by atoms with Gasteiger partial charge in [-0.25, -0.2) is 43.1 Å². The van der Waals surface area contributed by atoms with Gasteiger partial charge in [0.1, 0.15) is 62.9 Å². The van der Waals surface area contributed by atoms with Gasteiger partial charge < -0.3 is 70.7 Å². The van der Waals surface area contributed by atoms with Gasteiger partial charge in [-0.2, -0.15) is 0 Å². The number of hydrogen-bond donors (Lipinski definition) is 5. The number of anilines is 2. The Morgan fingerprint density at radius 2 is 0.850 bits per heavy atom. The number of nitrogens with zero attached hydrogens (tertiary/aromatic N) is 12. The SMILES string of the molecule is COCCO.COCCOc1ccc2nccc(Cl)c2n1.COCCOc1ccc2nccc(Oc3ccc(N)cc3F)c2n1.COCCOc1ccc2nccc(Oc3ccc([N+](=O)[O-])cc3F)c2n1.Clc1ccc2nccc(Cl)c2n1.Nc1ccc(Cl)nc1.O=P(Cl)(Cl)Cl.O=[N+]([O-])c1ccc(O)c(F)c1.O=c1cc[nH]c2ccc(Cl)nc12.[H-].[Na+]. The van der Waals surface area contributed by atoms with Crippen LogP contribution in [0.2, 0.25) is 25.5 Å². The molecule has 11 heterocycles. The van der Waals surface area contributed by atoms with E-state index in [-0.39, 0.29) is 71.6 Å². The number of nitrogen functional groups attached to an aromatic ring is 2. The van der Waals surface area contributed by atoms with Crippen molar-refractivity contribution in [2.75, 3.05) is 92.8 Å². The van der Waals surface area contributed by atoms with Crippen molar-refractivity contribution in [2.45, 2.75) is 0 Å². The molecule has 0 atom stereocenters. The zero-order chi connectivity index (χ0) is 87.0. The first kappa shape index (κ1) is 100. The third-order valence-corrected chi connectivity index (χ3v) is 15.2. The number of benzene rings is 3. The Morgan fingerprint density at radius 3 is 1.27 bits per heavy atom. The Morgan fingerprint density at radius 1 is 0.458 bits per heavy atom. The molecule has 11 aromatic heterocycles. The van der Waals surface area contributed by atoms with Crippen LogP contribution in [0.4, 0.5) is 35.9 Å². The molecule has 3 aromatic carbocycles. The maximum absolute atomic E-state index is 14.1. The van der Waals surface area contributed by atoms with Crippen LogP contribution < -0.4 is 70.1 Å². The number of aromatic amines is 1. The molecule has 0 spiro atoms. The van der Waals surface area contributed by atoms with Gasteiger partial charge in [0.15, 0.2) is 46.2 Å². The Kier molecular flexibility index (Phi) is 44.1. The topological polar surface area (TPSA) is 441 Å². The van der Waals surface area contributed by atoms with E-state index < -0.39 is 38.2 Å². The Hall–Kier alpha value is -10.3. The molecule has 0 aliphatic carbocycles. The van der Waals surface area contributed by atoms with Crippen molar-refractivity contribution in [3.63, 3.8) is 0 Å². The first-order valence-electron chi connectivity index (χ1n) is 33.5. The maximum atomic E-state index is 14.1. The molecule has 0 aliphatic heterocycles. The van der Waals surface area contributed by atoms with Gasteiger partial charge in [0.25, 0.3) is 11.4 Å². The van der Waals surface area contributed by atoms with E-state index >= 15 is 0 Å². The van der Waals surface area contributed by atoms with E-state index in [1.807, 2.05) is 6.07 Å². The summed E-state index contributed by atoms with van der Waals surface area (Å²) in [5, 5.41) is 36.4. The summed E-state index contributed by atoms with van der Waals surface area (Å²) in [7, 11) is 6.33. The number of nitrogens with one attached hydrogen (secondary N) is 1. The minimum atomic E-state index is -3.22. The van der Waals surface area contributed by atoms with Crippen LogP contribution >= 0.6 is 96.9 Å². The number of rotatable bonds is 20. The second-order valence-corrected chi connectivity index (χ2v) is 31.0. The van der Waals surface area contributed by atoms with E-state index in [1.54, 1.807) is 144 Å². The van der Waals surface area contributed by atoms with Crippen molar-refractivity contribution >= 4 is 175 Å². The van der Waals surface area contributed by atoms with E-state index in [1.165, 1.54) is 42.7 Å². The number of nitro groups is 2. The van der Waals surface area contributed by atoms with Crippen LogP contribution in [0.3, 0.4) is 0 Å². The van der Waals surface area contributed by atoms with E-state index in [4.69, 9.17) is 118 Å². The summed E-state index contributed by atoms with van der Waals surface area (Å²) in [4.78, 5) is 74.7. The molecular weight excluding hydrogens is 1780 g/mol. The van der Waals surface area contributed by atoms with Crippen LogP contribution in [-0.2, 0) is 23.5 Å². The minimum absolute atomic E-state index is 0. The van der Waals surface area contributed by atoms with Crippen LogP contribution in [-0.4, -0.2) is 156 Å². The number of aromatic nitrogens is 11. The minimum Gasteiger partial charge on any atom is -1.00 e. The largest absolute Gasteiger partial charge is 1.00 e. The van der Waals surface area contributed by atoms with E-state index in [2.05, 4.69) is 93.3 Å². The fourth-order valence-electron chi connectivity index (χ4n) is 8.64. The Balaban J connectivity index is 0.000000298. The average Bonchev–Trinajstić information content (AvgIpc) is 0.792. The number of phenols is 1. The van der Waals surface area contributed by atoms with Gasteiger partial charge in [-0.3, -0.25) is 49.5 Å². The van der Waals surface area contributed by atoms with Gasteiger partial charge in [0.05, 0.1) is 105 Å². The van der Waals surface area contributed by atoms with Gasteiger partial charge in [-0.15, -0.1) is 0 Å². The molecule has 0 bridgehead atoms. The van der Waals surface area contributed by atoms with Crippen LogP contribution in [0, 0.1) is 37.7 Å². The number of hydrogen-bond acceptors (Lipinski definition) is 29. The quantitative estimate of drug-likeness (QED) is 0.00900. The van der Waals surface area contributed by atoms with Crippen molar-refractivity contribution in [3.05, 3.63) is 268 Å². The number of aliphatic hydroxyl groups excluding tert-OH is 1. The number of halogens is 11. The van der Waals surface area contributed by atoms with Crippen molar-refractivity contribution in [1.29, 1.82) is 0 Å². The summed E-state index contributed by atoms with van der Waals surface area (Å²) >= 11 is 42.5. The Bertz CT molecular complexity index is 5750. The predicted molar refractivity (Wildman–Crippen MR) is 450 cm³/mol. The molecule has 0 radical (unpaired) electrons. The first-order valence-corrected chi connectivity index (χ1v) is 39.9. The summed E-state index contributed by atoms with van der Waals surface area (Å²) in [6.45, 7) is 3.11. The summed E-state index contributed by atoms with van der Waals surface area (Å²) in [5.41, 5.74) is 16.8. The zero-order valence-electron chi connectivity index (χ0n) is 64.3. The second kappa shape index (κ2) is 52.7. The molecule has 32 nitrogen and oxygen atoms in total. The number of nitrogens with two attached hydrogens (primary N) is 2. The molecule has 0 aliphatic rings. The third kappa shape index (κ3) is 35.2. The predicted octanol–water partition coefficient (Wildman–Crippen LogP) is 15.8. The van der Waals surface area contributed by atoms with Crippen LogP contribution in [0.15, 0.2) is 200 Å². The molecule has 628 valence electrons. The molecule has 120 heavy (non-hydrogen) atoms. The number of phenolic OH excluding ortho intramolecular Hbond substituents is 1. The van der Waals surface area contributed by atoms with Crippen LogP contribution in [0.25, 0.3) is 55.2 Å². The van der Waals surface area contributed by atoms with Crippen LogP contribution in [0.5, 0.6) is 46.4 Å². The molecule has 0 fully saturated rings. The van der Waals surface area contributed by atoms with E-state index in [0.717, 1.165) is 35.3 Å². The van der Waals surface area contributed by atoms with Gasteiger partial charge >= 0.3 is 34.8 Å². The van der Waals surface area contributed by atoms with Gasteiger partial charge in [-0.1, -0.05) is 58.0 Å². The number of methoxy groups -OCH3 is 4. The monoisotopic (exact) mass is 1840 g/mol. The smallest absolute Gasteiger partial charge is 1.00 e. The van der Waals surface area contributed by atoms with Crippen molar-refractivity contribution in [2.24, 2.45) is 0 Å². The first-order chi connectivity index (χ1) is 56.9. The number of fused-ring (bicyclic) bond motifs is 5. The molecule has 14 rings (SSSR count). The fourth-order valence-corrected chi connectivity index (χ4v) is 9.44. The second-order valence-electron chi connectivity index (χ2n) is 22.3. The molecular formula is C75H68Cl8F3N15NaO17P. The van der Waals surface area contributed by atoms with E-state index in [9.17, 15) is 42.8 Å². The number of nitro benzene ring substituents is 2. The standard InChI is InChI=1S/C17H14FN3O5.C17H16FN3O3.C11H11ClN2O2.C8H4Cl2N2.C8H5ClN2O.C6H4FNO3.C5H5ClN2.C3H8O2.Cl3OP.Na.H/c1-24-8-9-25-16-5-3-13-17(20-16)15(6-7-19-13)26-14-4-2-11(21(22)23)10-12(14)18;1-22-8-9-23-16-5-3-13-17(21-16)15(6-7-20-13)24-14-4-2-11(19)10-12(14)18;1-15-6-7-16-10-3-2-9-11(14-10)8(12)4-5-13-9;9-5-3-4-11-6-1-2-7(10)12-8(5)6;9-7-2-1-5-8(11-7)6(12)3-4-10-5;7-5-3-4(8(10)11)1-2-6(5)9;6-5-2-1-4(7)3-8-5;1-5-3-2-4;1-5(2,3)4;;/h2-7,10H,8-9H2,1H3;2-7,10H,8-9,19H2,1H3;2-5H,6-7H2,1H3;1-4H;1-4H,(H,10,12);1-3,9H;1-3H,7H2;4H,2-3H2,1H3;;;/q;;;;;;;;;+1;-1. The fraction of sp³-hybridized carbons (Fsp3) is 0.160. The van der Waals surface area contributed by atoms with Gasteiger partial charge in [0, 0.05) is 120 Å².